The molecule has 0 amide bonds. The highest BCUT2D eigenvalue weighted by Crippen LogP contribution is 2.21. The van der Waals surface area contributed by atoms with Crippen LogP contribution in [0.3, 0.4) is 0 Å². The van der Waals surface area contributed by atoms with Crippen LogP contribution < -0.4 is 5.32 Å². The lowest BCUT2D eigenvalue weighted by atomic mass is 10.1. The Hall–Kier alpha value is -2.43. The van der Waals surface area contributed by atoms with E-state index in [-0.39, 0.29) is 0 Å². The molecular weight excluding hydrogens is 250 g/mol. The van der Waals surface area contributed by atoms with Crippen molar-refractivity contribution in [2.75, 3.05) is 11.9 Å². The van der Waals surface area contributed by atoms with Crippen molar-refractivity contribution in [2.24, 2.45) is 0 Å². The molecule has 0 radical (unpaired) electrons. The van der Waals surface area contributed by atoms with E-state index in [1.165, 1.54) is 11.1 Å². The number of anilines is 1. The summed E-state index contributed by atoms with van der Waals surface area (Å²) in [5.74, 6) is 1.64. The van der Waals surface area contributed by atoms with Crippen LogP contribution in [0, 0.1) is 13.8 Å². The van der Waals surface area contributed by atoms with Crippen LogP contribution in [0.1, 0.15) is 18.1 Å². The number of fused-ring (bicyclic) bond motifs is 1. The van der Waals surface area contributed by atoms with Gasteiger partial charge in [0, 0.05) is 12.6 Å². The average Bonchev–Trinajstić information content (AvgIpc) is 2.83. The van der Waals surface area contributed by atoms with Crippen molar-refractivity contribution in [1.29, 1.82) is 0 Å². The van der Waals surface area contributed by atoms with Crippen LogP contribution in [0.2, 0.25) is 0 Å². The Kier molecular flexibility index (Phi) is 3.10. The number of aromatic nitrogens is 4. The van der Waals surface area contributed by atoms with E-state index < -0.39 is 0 Å². The van der Waals surface area contributed by atoms with Crippen LogP contribution in [0.25, 0.3) is 16.9 Å². The van der Waals surface area contributed by atoms with Crippen LogP contribution in [0.4, 0.5) is 5.82 Å². The van der Waals surface area contributed by atoms with Crippen molar-refractivity contribution < 1.29 is 0 Å². The van der Waals surface area contributed by atoms with Crippen molar-refractivity contribution in [3.8, 4) is 5.82 Å². The molecule has 1 aromatic carbocycles. The quantitative estimate of drug-likeness (QED) is 0.792. The minimum Gasteiger partial charge on any atom is -0.370 e. The van der Waals surface area contributed by atoms with Crippen molar-refractivity contribution in [3.63, 3.8) is 0 Å². The molecule has 2 aromatic heterocycles. The molecule has 0 saturated carbocycles. The summed E-state index contributed by atoms with van der Waals surface area (Å²) in [4.78, 5) is 13.0. The van der Waals surface area contributed by atoms with Crippen molar-refractivity contribution >= 4 is 16.9 Å². The maximum Gasteiger partial charge on any atom is 0.143 e. The Balaban J connectivity index is 2.14. The predicted molar refractivity (Wildman–Crippen MR) is 80.3 cm³/mol. The molecule has 0 aliphatic carbocycles. The number of aryl methyl sites for hydroxylation is 2. The number of hydrogen-bond donors (Lipinski definition) is 1. The highest BCUT2D eigenvalue weighted by Gasteiger charge is 2.08. The fraction of sp³-hybridized carbons (Fsp3) is 0.267. The molecule has 102 valence electrons. The zero-order valence-corrected chi connectivity index (χ0v) is 11.9. The summed E-state index contributed by atoms with van der Waals surface area (Å²) in [7, 11) is 0. The monoisotopic (exact) mass is 267 g/mol. The molecular formula is C15H17N5. The molecule has 0 spiro atoms. The number of nitrogens with zero attached hydrogens (tertiary/aromatic N) is 4. The average molecular weight is 267 g/mol. The van der Waals surface area contributed by atoms with Crippen LogP contribution in [-0.4, -0.2) is 26.1 Å². The molecule has 0 bridgehead atoms. The Labute approximate surface area is 117 Å². The van der Waals surface area contributed by atoms with E-state index in [0.717, 1.165) is 29.2 Å². The maximum absolute atomic E-state index is 4.45. The highest BCUT2D eigenvalue weighted by atomic mass is 15.1. The minimum absolute atomic E-state index is 0.821. The standard InChI is InChI=1S/C15H17N5/c1-4-16-14-7-15(18-8-17-14)20-9-19-12-5-10(2)11(3)6-13(12)20/h5-9H,4H2,1-3H3,(H,16,17,18). The van der Waals surface area contributed by atoms with E-state index in [4.69, 9.17) is 0 Å². The molecule has 0 saturated heterocycles. The molecule has 5 nitrogen and oxygen atoms in total. The summed E-state index contributed by atoms with van der Waals surface area (Å²) >= 11 is 0. The summed E-state index contributed by atoms with van der Waals surface area (Å²) < 4.78 is 1.99. The number of hydrogen-bond acceptors (Lipinski definition) is 4. The summed E-state index contributed by atoms with van der Waals surface area (Å²) in [5.41, 5.74) is 4.55. The molecule has 3 rings (SSSR count). The van der Waals surface area contributed by atoms with Gasteiger partial charge in [0.15, 0.2) is 0 Å². The normalized spacial score (nSPS) is 10.9. The SMILES string of the molecule is CCNc1cc(-n2cnc3cc(C)c(C)cc32)ncn1. The van der Waals surface area contributed by atoms with Gasteiger partial charge in [-0.05, 0) is 44.0 Å². The lowest BCUT2D eigenvalue weighted by Crippen LogP contribution is -2.03. The minimum atomic E-state index is 0.821. The Morgan fingerprint density at radius 3 is 2.65 bits per heavy atom. The fourth-order valence-corrected chi connectivity index (χ4v) is 2.20. The summed E-state index contributed by atoms with van der Waals surface area (Å²) in [6.45, 7) is 7.08. The third-order valence-corrected chi connectivity index (χ3v) is 3.42. The third kappa shape index (κ3) is 2.11. The van der Waals surface area contributed by atoms with Crippen LogP contribution >= 0.6 is 0 Å². The van der Waals surface area contributed by atoms with E-state index in [1.807, 2.05) is 23.9 Å². The number of nitrogens with one attached hydrogen (secondary N) is 1. The van der Waals surface area contributed by atoms with Gasteiger partial charge in [0.2, 0.25) is 0 Å². The summed E-state index contributed by atoms with van der Waals surface area (Å²) in [6.07, 6.45) is 3.38. The van der Waals surface area contributed by atoms with Gasteiger partial charge in [-0.15, -0.1) is 0 Å². The molecule has 2 heterocycles. The second-order valence-electron chi connectivity index (χ2n) is 4.83. The molecule has 0 aliphatic heterocycles. The molecule has 3 aromatic rings. The van der Waals surface area contributed by atoms with E-state index in [9.17, 15) is 0 Å². The van der Waals surface area contributed by atoms with Gasteiger partial charge in [0.25, 0.3) is 0 Å². The molecule has 0 aliphatic rings. The number of benzene rings is 1. The van der Waals surface area contributed by atoms with E-state index in [2.05, 4.69) is 46.2 Å². The van der Waals surface area contributed by atoms with E-state index >= 15 is 0 Å². The van der Waals surface area contributed by atoms with Gasteiger partial charge in [0.1, 0.15) is 24.3 Å². The largest absolute Gasteiger partial charge is 0.370 e. The summed E-state index contributed by atoms with van der Waals surface area (Å²) in [6, 6.07) is 6.18. The second kappa shape index (κ2) is 4.92. The fourth-order valence-electron chi connectivity index (χ4n) is 2.20. The molecule has 0 atom stereocenters. The molecule has 1 N–H and O–H groups in total. The van der Waals surface area contributed by atoms with Crippen molar-refractivity contribution in [2.45, 2.75) is 20.8 Å². The Bertz CT molecular complexity index is 760. The van der Waals surface area contributed by atoms with Crippen LogP contribution in [-0.2, 0) is 0 Å². The van der Waals surface area contributed by atoms with Crippen molar-refractivity contribution in [1.82, 2.24) is 19.5 Å². The van der Waals surface area contributed by atoms with Gasteiger partial charge < -0.3 is 5.32 Å². The molecule has 5 heteroatoms. The third-order valence-electron chi connectivity index (χ3n) is 3.42. The van der Waals surface area contributed by atoms with Crippen molar-refractivity contribution in [3.05, 3.63) is 42.0 Å². The molecule has 0 unspecified atom stereocenters. The van der Waals surface area contributed by atoms with Gasteiger partial charge in [-0.1, -0.05) is 0 Å². The second-order valence-corrected chi connectivity index (χ2v) is 4.83. The molecule has 0 fully saturated rings. The lowest BCUT2D eigenvalue weighted by Gasteiger charge is -2.07. The first-order valence-electron chi connectivity index (χ1n) is 6.69. The zero-order valence-electron chi connectivity index (χ0n) is 11.9. The predicted octanol–water partition coefficient (Wildman–Crippen LogP) is 2.86. The lowest BCUT2D eigenvalue weighted by molar-refractivity contribution is 0.989. The van der Waals surface area contributed by atoms with Crippen LogP contribution in [0.15, 0.2) is 30.9 Å². The van der Waals surface area contributed by atoms with Gasteiger partial charge in [-0.3, -0.25) is 4.57 Å². The maximum atomic E-state index is 4.45. The Morgan fingerprint density at radius 2 is 1.85 bits per heavy atom. The smallest absolute Gasteiger partial charge is 0.143 e. The van der Waals surface area contributed by atoms with E-state index in [1.54, 1.807) is 6.33 Å². The first kappa shape index (κ1) is 12.6. The van der Waals surface area contributed by atoms with Gasteiger partial charge >= 0.3 is 0 Å². The Morgan fingerprint density at radius 1 is 1.05 bits per heavy atom. The van der Waals surface area contributed by atoms with E-state index in [0.29, 0.717) is 0 Å². The topological polar surface area (TPSA) is 55.6 Å². The number of rotatable bonds is 3. The van der Waals surface area contributed by atoms with Crippen LogP contribution in [0.5, 0.6) is 0 Å². The van der Waals surface area contributed by atoms with Gasteiger partial charge in [-0.25, -0.2) is 15.0 Å². The highest BCUT2D eigenvalue weighted by molar-refractivity contribution is 5.79. The zero-order chi connectivity index (χ0) is 14.1. The first-order chi connectivity index (χ1) is 9.69. The van der Waals surface area contributed by atoms with Gasteiger partial charge in [-0.2, -0.15) is 0 Å². The number of imidazole rings is 1. The van der Waals surface area contributed by atoms with Gasteiger partial charge in [0.05, 0.1) is 11.0 Å². The molecule has 20 heavy (non-hydrogen) atoms. The summed E-state index contributed by atoms with van der Waals surface area (Å²) in [5, 5.41) is 3.19. The first-order valence-corrected chi connectivity index (χ1v) is 6.69.